The molecule has 1 N–H and O–H groups in total. The fraction of sp³-hybridized carbons (Fsp3) is 0.520. The van der Waals surface area contributed by atoms with E-state index in [1.807, 2.05) is 19.1 Å². The predicted molar refractivity (Wildman–Crippen MR) is 131 cm³/mol. The van der Waals surface area contributed by atoms with Crippen LogP contribution in [0.15, 0.2) is 23.1 Å². The first kappa shape index (κ1) is 26.0. The molecule has 1 aromatic heterocycles. The Morgan fingerprint density at radius 3 is 2.61 bits per heavy atom. The molecule has 0 saturated carbocycles. The lowest BCUT2D eigenvalue weighted by Gasteiger charge is -2.31. The Morgan fingerprint density at radius 1 is 1.14 bits per heavy atom. The maximum Gasteiger partial charge on any atom is 0.341 e. The van der Waals surface area contributed by atoms with Crippen LogP contribution in [0, 0.1) is 19.8 Å². The summed E-state index contributed by atoms with van der Waals surface area (Å²) < 4.78 is 46.7. The number of carbonyl (C=O) groups is 2. The topological polar surface area (TPSA) is 116 Å². The lowest BCUT2D eigenvalue weighted by Crippen LogP contribution is -2.45. The number of rotatable bonds is 8. The molecule has 2 aliphatic rings. The molecular formula is C25H33N3O7S. The van der Waals surface area contributed by atoms with E-state index in [9.17, 15) is 18.0 Å². The van der Waals surface area contributed by atoms with Gasteiger partial charge in [-0.25, -0.2) is 13.2 Å². The summed E-state index contributed by atoms with van der Waals surface area (Å²) in [6.07, 6.45) is 1.13. The summed E-state index contributed by atoms with van der Waals surface area (Å²) >= 11 is 0. The molecule has 1 fully saturated rings. The van der Waals surface area contributed by atoms with E-state index in [4.69, 9.17) is 14.2 Å². The first-order valence-electron chi connectivity index (χ1n) is 12.2. The molecule has 4 rings (SSSR count). The molecule has 0 aliphatic carbocycles. The number of aromatic nitrogens is 1. The maximum absolute atomic E-state index is 13.8. The molecule has 0 spiro atoms. The predicted octanol–water partition coefficient (Wildman–Crippen LogP) is 2.75. The number of fused-ring (bicyclic) bond motifs is 1. The molecule has 1 atom stereocenters. The lowest BCUT2D eigenvalue weighted by atomic mass is 9.98. The van der Waals surface area contributed by atoms with Crippen molar-refractivity contribution in [2.45, 2.75) is 58.5 Å². The molecule has 0 unspecified atom stereocenters. The van der Waals surface area contributed by atoms with Crippen molar-refractivity contribution < 1.29 is 32.2 Å². The Morgan fingerprint density at radius 2 is 1.89 bits per heavy atom. The molecule has 0 bridgehead atoms. The van der Waals surface area contributed by atoms with Crippen molar-refractivity contribution in [3.05, 3.63) is 40.7 Å². The minimum atomic E-state index is -4.04. The quantitative estimate of drug-likeness (QED) is 0.533. The fourth-order valence-corrected chi connectivity index (χ4v) is 6.95. The number of sulfonamides is 1. The molecule has 1 aromatic carbocycles. The number of nitrogens with one attached hydrogen (secondary N) is 1. The minimum absolute atomic E-state index is 0.0262. The van der Waals surface area contributed by atoms with Crippen LogP contribution >= 0.6 is 0 Å². The van der Waals surface area contributed by atoms with Crippen molar-refractivity contribution in [3.8, 4) is 11.5 Å². The minimum Gasteiger partial charge on any atom is -0.462 e. The summed E-state index contributed by atoms with van der Waals surface area (Å²) in [4.78, 5) is 25.7. The van der Waals surface area contributed by atoms with Gasteiger partial charge in [0.2, 0.25) is 22.7 Å². The van der Waals surface area contributed by atoms with Gasteiger partial charge in [-0.15, -0.1) is 0 Å². The van der Waals surface area contributed by atoms with Crippen LogP contribution in [0.3, 0.4) is 0 Å². The molecule has 3 heterocycles. The van der Waals surface area contributed by atoms with Gasteiger partial charge in [-0.05, 0) is 58.2 Å². The standard InChI is InChI=1S/C25H33N3O7S/c1-5-28-16(3)22(25(30)33-6-2)23(17(28)4)36(31,32)27-11-7-8-19(14-27)24(29)26-13-18-9-10-20-21(12-18)35-15-34-20/h9-10,12,19H,5-8,11,13-15H2,1-4H3,(H,26,29)/t19-/m1/s1. The van der Waals surface area contributed by atoms with Crippen LogP contribution in [0.1, 0.15) is 54.0 Å². The van der Waals surface area contributed by atoms with Gasteiger partial charge >= 0.3 is 5.97 Å². The smallest absolute Gasteiger partial charge is 0.341 e. The van der Waals surface area contributed by atoms with Crippen LogP contribution in [0.25, 0.3) is 0 Å². The number of benzene rings is 1. The highest BCUT2D eigenvalue weighted by Crippen LogP contribution is 2.34. The molecule has 1 saturated heterocycles. The summed E-state index contributed by atoms with van der Waals surface area (Å²) in [5.74, 6) is -0.0547. The van der Waals surface area contributed by atoms with E-state index in [0.29, 0.717) is 48.8 Å². The molecule has 0 radical (unpaired) electrons. The van der Waals surface area contributed by atoms with Gasteiger partial charge in [0.25, 0.3) is 0 Å². The van der Waals surface area contributed by atoms with Crippen molar-refractivity contribution in [2.75, 3.05) is 26.5 Å². The largest absolute Gasteiger partial charge is 0.462 e. The number of carbonyl (C=O) groups excluding carboxylic acids is 2. The van der Waals surface area contributed by atoms with Crippen LogP contribution in [0.4, 0.5) is 0 Å². The number of hydrogen-bond acceptors (Lipinski definition) is 7. The van der Waals surface area contributed by atoms with Crippen molar-refractivity contribution in [1.29, 1.82) is 0 Å². The van der Waals surface area contributed by atoms with Gasteiger partial charge in [-0.2, -0.15) is 4.31 Å². The summed E-state index contributed by atoms with van der Waals surface area (Å²) in [7, 11) is -4.04. The Labute approximate surface area is 211 Å². The molecular weight excluding hydrogens is 486 g/mol. The molecule has 11 heteroatoms. The van der Waals surface area contributed by atoms with Crippen LogP contribution in [0.2, 0.25) is 0 Å². The van der Waals surface area contributed by atoms with Crippen molar-refractivity contribution in [1.82, 2.24) is 14.2 Å². The van der Waals surface area contributed by atoms with Crippen LogP contribution in [0.5, 0.6) is 11.5 Å². The van der Waals surface area contributed by atoms with Gasteiger partial charge in [0.1, 0.15) is 10.5 Å². The average molecular weight is 520 g/mol. The second-order valence-electron chi connectivity index (χ2n) is 8.95. The maximum atomic E-state index is 13.8. The van der Waals surface area contributed by atoms with E-state index >= 15 is 0 Å². The molecule has 2 aromatic rings. The van der Waals surface area contributed by atoms with E-state index in [-0.39, 0.29) is 42.9 Å². The lowest BCUT2D eigenvalue weighted by molar-refractivity contribution is -0.126. The van der Waals surface area contributed by atoms with E-state index < -0.39 is 21.9 Å². The Balaban J connectivity index is 1.52. The van der Waals surface area contributed by atoms with Gasteiger partial charge in [0.05, 0.1) is 12.5 Å². The zero-order valence-electron chi connectivity index (χ0n) is 21.1. The van der Waals surface area contributed by atoms with Gasteiger partial charge < -0.3 is 24.1 Å². The third kappa shape index (κ3) is 4.81. The van der Waals surface area contributed by atoms with E-state index in [0.717, 1.165) is 5.56 Å². The fourth-order valence-electron chi connectivity index (χ4n) is 4.98. The summed E-state index contributed by atoms with van der Waals surface area (Å²) in [5, 5.41) is 2.92. The second-order valence-corrected chi connectivity index (χ2v) is 10.8. The highest BCUT2D eigenvalue weighted by molar-refractivity contribution is 7.89. The second kappa shape index (κ2) is 10.5. The summed E-state index contributed by atoms with van der Waals surface area (Å²) in [6, 6.07) is 5.47. The molecule has 2 aliphatic heterocycles. The number of hydrogen-bond donors (Lipinski definition) is 1. The Bertz CT molecular complexity index is 1270. The van der Waals surface area contributed by atoms with Gasteiger partial charge in [0, 0.05) is 37.6 Å². The SMILES string of the molecule is CCOC(=O)c1c(S(=O)(=O)N2CCC[C@@H](C(=O)NCc3ccc4c(c3)OCO4)C2)c(C)n(CC)c1C. The number of nitrogens with zero attached hydrogens (tertiary/aromatic N) is 2. The van der Waals surface area contributed by atoms with Crippen molar-refractivity contribution in [3.63, 3.8) is 0 Å². The highest BCUT2D eigenvalue weighted by atomic mass is 32.2. The zero-order valence-corrected chi connectivity index (χ0v) is 21.9. The monoisotopic (exact) mass is 519 g/mol. The number of ether oxygens (including phenoxy) is 3. The molecule has 196 valence electrons. The average Bonchev–Trinajstić information content (AvgIpc) is 3.43. The van der Waals surface area contributed by atoms with Crippen LogP contribution < -0.4 is 14.8 Å². The number of amides is 1. The Kier molecular flexibility index (Phi) is 7.60. The van der Waals surface area contributed by atoms with Crippen LogP contribution in [-0.4, -0.2) is 55.7 Å². The number of esters is 1. The van der Waals surface area contributed by atoms with Crippen molar-refractivity contribution in [2.24, 2.45) is 5.92 Å². The first-order chi connectivity index (χ1) is 17.2. The third-order valence-corrected chi connectivity index (χ3v) is 8.81. The Hall–Kier alpha value is -3.05. The van der Waals surface area contributed by atoms with Gasteiger partial charge in [-0.1, -0.05) is 6.07 Å². The van der Waals surface area contributed by atoms with Gasteiger partial charge in [0.15, 0.2) is 11.5 Å². The normalized spacial score (nSPS) is 17.7. The molecule has 10 nitrogen and oxygen atoms in total. The molecule has 1 amide bonds. The number of piperidine rings is 1. The van der Waals surface area contributed by atoms with Crippen molar-refractivity contribution >= 4 is 21.9 Å². The zero-order chi connectivity index (χ0) is 26.0. The van der Waals surface area contributed by atoms with Crippen LogP contribution in [-0.2, 0) is 32.6 Å². The molecule has 36 heavy (non-hydrogen) atoms. The first-order valence-corrected chi connectivity index (χ1v) is 13.7. The third-order valence-electron chi connectivity index (χ3n) is 6.78. The van der Waals surface area contributed by atoms with E-state index in [2.05, 4.69) is 5.32 Å². The highest BCUT2D eigenvalue weighted by Gasteiger charge is 2.39. The van der Waals surface area contributed by atoms with E-state index in [1.54, 1.807) is 31.4 Å². The van der Waals surface area contributed by atoms with E-state index in [1.165, 1.54) is 4.31 Å². The summed E-state index contributed by atoms with van der Waals surface area (Å²) in [5.41, 5.74) is 1.99. The van der Waals surface area contributed by atoms with Gasteiger partial charge in [-0.3, -0.25) is 4.79 Å². The summed E-state index contributed by atoms with van der Waals surface area (Å²) in [6.45, 7) is 8.47.